The fraction of sp³-hybridized carbons (Fsp3) is 0.423. The summed E-state index contributed by atoms with van der Waals surface area (Å²) in [6.45, 7) is 1.44. The normalized spacial score (nSPS) is 36.8. The van der Waals surface area contributed by atoms with Gasteiger partial charge in [0.2, 0.25) is 0 Å². The Balaban J connectivity index is 1.46. The second-order valence-corrected chi connectivity index (χ2v) is 9.81. The molecule has 5 heteroatoms. The molecule has 4 aliphatic rings. The van der Waals surface area contributed by atoms with Crippen LogP contribution in [0.1, 0.15) is 36.0 Å². The minimum Gasteiger partial charge on any atom is -0.504 e. The predicted octanol–water partition coefficient (Wildman–Crippen LogP) is 2.31. The van der Waals surface area contributed by atoms with Crippen LogP contribution in [0.25, 0.3) is 0 Å². The molecule has 5 nitrogen and oxygen atoms in total. The molecule has 2 bridgehead atoms. The number of aromatic hydroxyl groups is 1. The quantitative estimate of drug-likeness (QED) is 0.553. The standard InChI is InChI=1S/C26H25NO4/c1-27(14-5-8-17-6-3-2-4-7-17)15-13-25-22-18-9-10-19(28)23(22)31-24(25)20(29)11-12-26(25,30)21(27)16-18/h2-4,6-7,9-10,21,24,30H,11-16H2,1H3/p+1/t21?,24?,25?,26-,27-/m1/s1. The zero-order valence-electron chi connectivity index (χ0n) is 17.6. The summed E-state index contributed by atoms with van der Waals surface area (Å²) in [6, 6.07) is 13.5. The second-order valence-electron chi connectivity index (χ2n) is 9.81. The Kier molecular flexibility index (Phi) is 3.74. The average Bonchev–Trinajstić information content (AvgIpc) is 3.13. The first kappa shape index (κ1) is 18.9. The van der Waals surface area contributed by atoms with Crippen molar-refractivity contribution in [3.63, 3.8) is 0 Å². The summed E-state index contributed by atoms with van der Waals surface area (Å²) in [4.78, 5) is 12.9. The first-order valence-electron chi connectivity index (χ1n) is 11.0. The van der Waals surface area contributed by atoms with E-state index in [0.29, 0.717) is 42.5 Å². The predicted molar refractivity (Wildman–Crippen MR) is 115 cm³/mol. The van der Waals surface area contributed by atoms with Crippen molar-refractivity contribution in [2.45, 2.75) is 48.8 Å². The summed E-state index contributed by atoms with van der Waals surface area (Å²) >= 11 is 0. The number of likely N-dealkylation sites (N-methyl/N-ethyl adjacent to an activating group) is 1. The van der Waals surface area contributed by atoms with Crippen LogP contribution in [-0.2, 0) is 16.6 Å². The molecule has 5 atom stereocenters. The van der Waals surface area contributed by atoms with Crippen molar-refractivity contribution < 1.29 is 24.2 Å². The third-order valence-corrected chi connectivity index (χ3v) is 8.35. The van der Waals surface area contributed by atoms with E-state index in [1.165, 1.54) is 0 Å². The van der Waals surface area contributed by atoms with Crippen molar-refractivity contribution in [3.05, 3.63) is 59.2 Å². The topological polar surface area (TPSA) is 66.8 Å². The van der Waals surface area contributed by atoms with Gasteiger partial charge in [0, 0.05) is 30.4 Å². The largest absolute Gasteiger partial charge is 0.504 e. The number of carbonyl (C=O) groups excluding carboxylic acids is 1. The molecule has 1 saturated carbocycles. The number of phenols is 1. The fourth-order valence-corrected chi connectivity index (χ4v) is 6.86. The van der Waals surface area contributed by atoms with Gasteiger partial charge in [-0.3, -0.25) is 4.79 Å². The van der Waals surface area contributed by atoms with Gasteiger partial charge < -0.3 is 19.4 Å². The number of ether oxygens (including phenoxy) is 1. The minimum atomic E-state index is -1.06. The molecule has 158 valence electrons. The first-order valence-corrected chi connectivity index (χ1v) is 11.0. The Bertz CT molecular complexity index is 1170. The highest BCUT2D eigenvalue weighted by atomic mass is 16.5. The third kappa shape index (κ3) is 2.27. The van der Waals surface area contributed by atoms with E-state index in [4.69, 9.17) is 4.74 Å². The van der Waals surface area contributed by atoms with Gasteiger partial charge in [0.25, 0.3) is 0 Å². The molecule has 2 heterocycles. The van der Waals surface area contributed by atoms with Gasteiger partial charge in [-0.25, -0.2) is 0 Å². The van der Waals surface area contributed by atoms with Gasteiger partial charge in [-0.1, -0.05) is 30.2 Å². The highest BCUT2D eigenvalue weighted by molar-refractivity contribution is 5.90. The van der Waals surface area contributed by atoms with Gasteiger partial charge in [0.05, 0.1) is 19.0 Å². The molecular weight excluding hydrogens is 390 g/mol. The van der Waals surface area contributed by atoms with Gasteiger partial charge in [-0.15, -0.1) is 0 Å². The Morgan fingerprint density at radius 3 is 2.81 bits per heavy atom. The fourth-order valence-electron chi connectivity index (χ4n) is 6.86. The Hall–Kier alpha value is -2.81. The van der Waals surface area contributed by atoms with Crippen LogP contribution < -0.4 is 4.74 Å². The van der Waals surface area contributed by atoms with Crippen LogP contribution in [0.2, 0.25) is 0 Å². The van der Waals surface area contributed by atoms with Crippen molar-refractivity contribution in [2.75, 3.05) is 20.1 Å². The molecule has 3 unspecified atom stereocenters. The summed E-state index contributed by atoms with van der Waals surface area (Å²) < 4.78 is 6.75. The van der Waals surface area contributed by atoms with Crippen molar-refractivity contribution in [3.8, 4) is 23.3 Å². The lowest BCUT2D eigenvalue weighted by molar-refractivity contribution is -0.942. The molecule has 2 aliphatic carbocycles. The van der Waals surface area contributed by atoms with Crippen LogP contribution in [0.3, 0.4) is 0 Å². The van der Waals surface area contributed by atoms with Gasteiger partial charge in [-0.2, -0.15) is 0 Å². The molecule has 1 spiro atoms. The molecule has 0 radical (unpaired) electrons. The summed E-state index contributed by atoms with van der Waals surface area (Å²) in [5.74, 6) is 7.14. The smallest absolute Gasteiger partial charge is 0.174 e. The van der Waals surface area contributed by atoms with Crippen molar-refractivity contribution in [1.82, 2.24) is 0 Å². The van der Waals surface area contributed by atoms with Crippen molar-refractivity contribution >= 4 is 5.78 Å². The molecule has 6 rings (SSSR count). The maximum absolute atomic E-state index is 12.9. The highest BCUT2D eigenvalue weighted by Gasteiger charge is 2.76. The maximum atomic E-state index is 12.9. The van der Waals surface area contributed by atoms with Crippen molar-refractivity contribution in [1.29, 1.82) is 0 Å². The van der Waals surface area contributed by atoms with E-state index in [-0.39, 0.29) is 17.6 Å². The zero-order chi connectivity index (χ0) is 21.4. The number of aliphatic hydroxyl groups is 1. The molecule has 1 saturated heterocycles. The van der Waals surface area contributed by atoms with Gasteiger partial charge in [0.15, 0.2) is 23.4 Å². The van der Waals surface area contributed by atoms with Gasteiger partial charge in [-0.05, 0) is 36.1 Å². The zero-order valence-corrected chi connectivity index (χ0v) is 17.6. The van der Waals surface area contributed by atoms with Crippen LogP contribution in [0.4, 0.5) is 0 Å². The van der Waals surface area contributed by atoms with E-state index < -0.39 is 17.1 Å². The number of phenolic OH excluding ortho intramolecular Hbond substituents is 1. The van der Waals surface area contributed by atoms with Gasteiger partial charge in [0.1, 0.15) is 18.2 Å². The molecule has 0 amide bonds. The molecule has 31 heavy (non-hydrogen) atoms. The van der Waals surface area contributed by atoms with Crippen LogP contribution in [0.5, 0.6) is 11.5 Å². The minimum absolute atomic E-state index is 0.0341. The van der Waals surface area contributed by atoms with Crippen molar-refractivity contribution in [2.24, 2.45) is 0 Å². The number of quaternary nitrogens is 1. The molecule has 2 fully saturated rings. The highest BCUT2D eigenvalue weighted by Crippen LogP contribution is 2.65. The van der Waals surface area contributed by atoms with E-state index in [0.717, 1.165) is 23.2 Å². The lowest BCUT2D eigenvalue weighted by Gasteiger charge is -2.63. The number of ketones is 1. The van der Waals surface area contributed by atoms with Crippen LogP contribution >= 0.6 is 0 Å². The number of nitrogens with zero attached hydrogens (tertiary/aromatic N) is 1. The van der Waals surface area contributed by atoms with Crippen LogP contribution in [0, 0.1) is 11.8 Å². The van der Waals surface area contributed by atoms with Crippen LogP contribution in [-0.4, -0.2) is 58.4 Å². The lowest BCUT2D eigenvalue weighted by atomic mass is 9.48. The summed E-state index contributed by atoms with van der Waals surface area (Å²) in [6.07, 6.45) is 1.36. The molecular formula is C26H26NO4+. The molecule has 0 aromatic heterocycles. The number of carbonyl (C=O) groups is 1. The number of hydrogen-bond acceptors (Lipinski definition) is 4. The van der Waals surface area contributed by atoms with E-state index >= 15 is 0 Å². The Labute approximate surface area is 181 Å². The Morgan fingerprint density at radius 2 is 2.00 bits per heavy atom. The van der Waals surface area contributed by atoms with E-state index in [1.54, 1.807) is 6.07 Å². The third-order valence-electron chi connectivity index (χ3n) is 8.35. The number of likely N-dealkylation sites (tertiary alicyclic amines) is 1. The molecule has 2 N–H and O–H groups in total. The SMILES string of the molecule is C[N@@+]1(CC#Cc2ccccc2)CCC23c4c5ccc(O)c4OC2C(=O)CC[C@@]3(O)C1C5. The first-order chi connectivity index (χ1) is 14.9. The summed E-state index contributed by atoms with van der Waals surface area (Å²) in [5, 5.41) is 22.8. The number of piperidine rings is 1. The second kappa shape index (κ2) is 6.12. The van der Waals surface area contributed by atoms with E-state index in [1.807, 2.05) is 36.4 Å². The average molecular weight is 416 g/mol. The molecule has 2 aromatic carbocycles. The number of rotatable bonds is 1. The lowest BCUT2D eigenvalue weighted by Crippen LogP contribution is -2.80. The number of benzene rings is 2. The van der Waals surface area contributed by atoms with Crippen LogP contribution in [0.15, 0.2) is 42.5 Å². The van der Waals surface area contributed by atoms with Gasteiger partial charge >= 0.3 is 0 Å². The maximum Gasteiger partial charge on any atom is 0.174 e. The Morgan fingerprint density at radius 1 is 1.19 bits per heavy atom. The monoisotopic (exact) mass is 416 g/mol. The molecule has 2 aliphatic heterocycles. The van der Waals surface area contributed by atoms with E-state index in [9.17, 15) is 15.0 Å². The molecule has 2 aromatic rings. The number of Topliss-reactive ketones (excluding diaryl/α,β-unsaturated/α-hetero) is 1. The van der Waals surface area contributed by atoms with E-state index in [2.05, 4.69) is 18.9 Å². The summed E-state index contributed by atoms with van der Waals surface area (Å²) in [7, 11) is 2.18. The number of hydrogen-bond donors (Lipinski definition) is 2. The summed E-state index contributed by atoms with van der Waals surface area (Å²) in [5.41, 5.74) is 1.13.